The summed E-state index contributed by atoms with van der Waals surface area (Å²) in [6, 6.07) is -0.346. The predicted octanol–water partition coefficient (Wildman–Crippen LogP) is -0.313. The molecule has 0 bridgehead atoms. The first-order valence-corrected chi connectivity index (χ1v) is 5.81. The maximum absolute atomic E-state index is 11.9. The highest BCUT2D eigenvalue weighted by Gasteiger charge is 2.30. The van der Waals surface area contributed by atoms with E-state index in [1.807, 2.05) is 6.92 Å². The third-order valence-corrected chi connectivity index (χ3v) is 2.95. The normalized spacial score (nSPS) is 22.6. The molecule has 98 valence electrons. The highest BCUT2D eigenvalue weighted by molar-refractivity contribution is 5.82. The van der Waals surface area contributed by atoms with E-state index >= 15 is 0 Å². The molecule has 0 aromatic heterocycles. The topological polar surface area (TPSA) is 78.9 Å². The summed E-state index contributed by atoms with van der Waals surface area (Å²) in [4.78, 5) is 24.3. The number of hydrogen-bond acceptors (Lipinski definition) is 4. The summed E-state index contributed by atoms with van der Waals surface area (Å²) in [5, 5.41) is 11.8. The monoisotopic (exact) mass is 244 g/mol. The van der Waals surface area contributed by atoms with Crippen LogP contribution in [0.15, 0.2) is 0 Å². The number of nitrogens with one attached hydrogen (secondary N) is 1. The number of rotatable bonds is 6. The van der Waals surface area contributed by atoms with Crippen LogP contribution in [0.3, 0.4) is 0 Å². The number of hydrogen-bond donors (Lipinski definition) is 2. The molecule has 0 aliphatic carbocycles. The Balaban J connectivity index is 2.61. The minimum Gasteiger partial charge on any atom is -0.481 e. The van der Waals surface area contributed by atoms with Crippen LogP contribution < -0.4 is 5.32 Å². The van der Waals surface area contributed by atoms with Crippen molar-refractivity contribution in [2.75, 3.05) is 26.8 Å². The number of carboxylic acid groups (broad SMARTS) is 1. The van der Waals surface area contributed by atoms with Gasteiger partial charge in [-0.3, -0.25) is 9.59 Å². The van der Waals surface area contributed by atoms with Crippen LogP contribution in [-0.2, 0) is 14.3 Å². The molecule has 0 radical (unpaired) electrons. The van der Waals surface area contributed by atoms with E-state index in [0.717, 1.165) is 6.54 Å². The Bertz CT molecular complexity index is 283. The van der Waals surface area contributed by atoms with Gasteiger partial charge in [0.15, 0.2) is 0 Å². The van der Waals surface area contributed by atoms with Gasteiger partial charge in [-0.05, 0) is 13.3 Å². The second-order valence-corrected chi connectivity index (χ2v) is 4.25. The van der Waals surface area contributed by atoms with Crippen LogP contribution in [0.2, 0.25) is 0 Å². The molecule has 0 aromatic carbocycles. The fourth-order valence-electron chi connectivity index (χ4n) is 2.02. The molecule has 1 aliphatic heterocycles. The Morgan fingerprint density at radius 3 is 3.00 bits per heavy atom. The van der Waals surface area contributed by atoms with Crippen LogP contribution in [0.25, 0.3) is 0 Å². The minimum atomic E-state index is -0.846. The zero-order valence-electron chi connectivity index (χ0n) is 10.3. The highest BCUT2D eigenvalue weighted by atomic mass is 16.5. The van der Waals surface area contributed by atoms with Crippen molar-refractivity contribution in [2.45, 2.75) is 31.8 Å². The smallest absolute Gasteiger partial charge is 0.303 e. The quantitative estimate of drug-likeness (QED) is 0.670. The molecular formula is C11H20N2O4. The summed E-state index contributed by atoms with van der Waals surface area (Å²) in [6.45, 7) is 3.54. The van der Waals surface area contributed by atoms with Crippen molar-refractivity contribution < 1.29 is 19.4 Å². The number of nitrogens with zero attached hydrogens (tertiary/aromatic N) is 1. The summed E-state index contributed by atoms with van der Waals surface area (Å²) >= 11 is 0. The van der Waals surface area contributed by atoms with Gasteiger partial charge >= 0.3 is 5.97 Å². The van der Waals surface area contributed by atoms with Gasteiger partial charge in [-0.1, -0.05) is 0 Å². The van der Waals surface area contributed by atoms with E-state index in [2.05, 4.69) is 5.32 Å². The lowest BCUT2D eigenvalue weighted by atomic mass is 10.1. The molecule has 0 unspecified atom stereocenters. The maximum atomic E-state index is 11.9. The van der Waals surface area contributed by atoms with Crippen molar-refractivity contribution in [1.29, 1.82) is 0 Å². The van der Waals surface area contributed by atoms with Gasteiger partial charge in [0, 0.05) is 26.6 Å². The standard InChI is InChI=1S/C11H20N2O4/c1-8-11(16)13(6-5-12-8)9(7-17-2)3-4-10(14)15/h8-9,12H,3-7H2,1-2H3,(H,14,15)/t8-,9-/m0/s1. The van der Waals surface area contributed by atoms with Gasteiger partial charge in [-0.2, -0.15) is 0 Å². The molecule has 1 amide bonds. The fraction of sp³-hybridized carbons (Fsp3) is 0.818. The van der Waals surface area contributed by atoms with E-state index in [0.29, 0.717) is 19.6 Å². The van der Waals surface area contributed by atoms with E-state index in [1.165, 1.54) is 0 Å². The lowest BCUT2D eigenvalue weighted by molar-refractivity contribution is -0.142. The lowest BCUT2D eigenvalue weighted by Crippen LogP contribution is -2.57. The molecule has 0 aromatic rings. The molecule has 2 atom stereocenters. The van der Waals surface area contributed by atoms with Crippen LogP contribution >= 0.6 is 0 Å². The first-order valence-electron chi connectivity index (χ1n) is 5.81. The van der Waals surface area contributed by atoms with E-state index in [9.17, 15) is 9.59 Å². The number of carbonyl (C=O) groups is 2. The van der Waals surface area contributed by atoms with E-state index < -0.39 is 5.97 Å². The molecule has 6 heteroatoms. The zero-order valence-corrected chi connectivity index (χ0v) is 10.3. The molecular weight excluding hydrogens is 224 g/mol. The minimum absolute atomic E-state index is 0.0173. The number of carbonyl (C=O) groups excluding carboxylic acids is 1. The Morgan fingerprint density at radius 1 is 1.71 bits per heavy atom. The molecule has 17 heavy (non-hydrogen) atoms. The van der Waals surface area contributed by atoms with Crippen molar-refractivity contribution >= 4 is 11.9 Å². The number of carboxylic acids is 1. The Hall–Kier alpha value is -1.14. The van der Waals surface area contributed by atoms with Crippen molar-refractivity contribution in [3.63, 3.8) is 0 Å². The number of aliphatic carboxylic acids is 1. The molecule has 1 fully saturated rings. The van der Waals surface area contributed by atoms with E-state index in [1.54, 1.807) is 12.0 Å². The third kappa shape index (κ3) is 3.98. The summed E-state index contributed by atoms with van der Waals surface area (Å²) in [5.41, 5.74) is 0. The number of piperazine rings is 1. The van der Waals surface area contributed by atoms with Crippen molar-refractivity contribution in [1.82, 2.24) is 10.2 Å². The van der Waals surface area contributed by atoms with Gasteiger partial charge in [0.2, 0.25) is 5.91 Å². The molecule has 6 nitrogen and oxygen atoms in total. The highest BCUT2D eigenvalue weighted by Crippen LogP contribution is 2.12. The number of methoxy groups -OCH3 is 1. The second kappa shape index (κ2) is 6.56. The number of ether oxygens (including phenoxy) is 1. The zero-order chi connectivity index (χ0) is 12.8. The van der Waals surface area contributed by atoms with Crippen molar-refractivity contribution in [3.8, 4) is 0 Å². The Morgan fingerprint density at radius 2 is 2.41 bits per heavy atom. The van der Waals surface area contributed by atoms with Gasteiger partial charge in [-0.25, -0.2) is 0 Å². The van der Waals surface area contributed by atoms with Gasteiger partial charge in [0.05, 0.1) is 18.7 Å². The molecule has 2 N–H and O–H groups in total. The molecule has 0 spiro atoms. The van der Waals surface area contributed by atoms with Crippen LogP contribution in [0, 0.1) is 0 Å². The van der Waals surface area contributed by atoms with E-state index in [-0.39, 0.29) is 24.4 Å². The largest absolute Gasteiger partial charge is 0.481 e. The van der Waals surface area contributed by atoms with Crippen LogP contribution in [0.1, 0.15) is 19.8 Å². The maximum Gasteiger partial charge on any atom is 0.303 e. The summed E-state index contributed by atoms with van der Waals surface area (Å²) in [5.74, 6) is -0.828. The summed E-state index contributed by atoms with van der Waals surface area (Å²) < 4.78 is 5.07. The van der Waals surface area contributed by atoms with Gasteiger partial charge < -0.3 is 20.1 Å². The van der Waals surface area contributed by atoms with Gasteiger partial charge in [-0.15, -0.1) is 0 Å². The lowest BCUT2D eigenvalue weighted by Gasteiger charge is -2.37. The van der Waals surface area contributed by atoms with Crippen molar-refractivity contribution in [3.05, 3.63) is 0 Å². The van der Waals surface area contributed by atoms with Gasteiger partial charge in [0.25, 0.3) is 0 Å². The Labute approximate surface area is 101 Å². The molecule has 1 heterocycles. The predicted molar refractivity (Wildman–Crippen MR) is 61.7 cm³/mol. The van der Waals surface area contributed by atoms with Crippen LogP contribution in [-0.4, -0.2) is 60.8 Å². The third-order valence-electron chi connectivity index (χ3n) is 2.95. The first-order chi connectivity index (χ1) is 8.06. The average Bonchev–Trinajstić information content (AvgIpc) is 2.28. The van der Waals surface area contributed by atoms with Crippen molar-refractivity contribution in [2.24, 2.45) is 0 Å². The molecule has 1 rings (SSSR count). The van der Waals surface area contributed by atoms with Gasteiger partial charge in [0.1, 0.15) is 0 Å². The number of amides is 1. The summed E-state index contributed by atoms with van der Waals surface area (Å²) in [7, 11) is 1.56. The SMILES string of the molecule is COC[C@H](CCC(=O)O)N1CCN[C@@H](C)C1=O. The van der Waals surface area contributed by atoms with Crippen LogP contribution in [0.4, 0.5) is 0 Å². The average molecular weight is 244 g/mol. The fourth-order valence-corrected chi connectivity index (χ4v) is 2.02. The van der Waals surface area contributed by atoms with E-state index in [4.69, 9.17) is 9.84 Å². The molecule has 0 saturated carbocycles. The summed E-state index contributed by atoms with van der Waals surface area (Å²) in [6.07, 6.45) is 0.487. The molecule has 1 aliphatic rings. The molecule has 1 saturated heterocycles. The van der Waals surface area contributed by atoms with Crippen LogP contribution in [0.5, 0.6) is 0 Å². The Kier molecular flexibility index (Phi) is 5.37. The second-order valence-electron chi connectivity index (χ2n) is 4.25. The first kappa shape index (κ1) is 13.9.